The molecule has 3 aromatic carbocycles. The summed E-state index contributed by atoms with van der Waals surface area (Å²) in [5.74, 6) is -0.691. The van der Waals surface area contributed by atoms with Crippen LogP contribution in [0.3, 0.4) is 0 Å². The van der Waals surface area contributed by atoms with Crippen molar-refractivity contribution >= 4 is 5.97 Å². The van der Waals surface area contributed by atoms with Crippen LogP contribution in [-0.2, 0) is 11.3 Å². The molecule has 1 aromatic heterocycles. The van der Waals surface area contributed by atoms with Gasteiger partial charge in [-0.05, 0) is 18.4 Å². The first-order chi connectivity index (χ1) is 17.2. The smallest absolute Gasteiger partial charge is 0.303 e. The Bertz CT molecular complexity index is 1180. The summed E-state index contributed by atoms with van der Waals surface area (Å²) in [6, 6.07) is 31.6. The highest BCUT2D eigenvalue weighted by atomic mass is 16.4. The molecule has 4 nitrogen and oxygen atoms in total. The maximum atomic E-state index is 10.6. The van der Waals surface area contributed by atoms with Crippen molar-refractivity contribution in [1.82, 2.24) is 9.78 Å². The summed E-state index contributed by atoms with van der Waals surface area (Å²) in [6.07, 6.45) is 7.74. The summed E-state index contributed by atoms with van der Waals surface area (Å²) in [5, 5.41) is 13.9. The normalized spacial score (nSPS) is 11.0. The molecule has 0 unspecified atom stereocenters. The lowest BCUT2D eigenvalue weighted by molar-refractivity contribution is -0.137. The van der Waals surface area contributed by atoms with E-state index in [9.17, 15) is 4.79 Å². The number of nitrogens with zero attached hydrogens (tertiary/aromatic N) is 2. The standard InChI is InChI=1S/C31H34N2O2/c34-28(35)23-15-4-2-1-3-5-16-24-33-31(27-21-13-8-14-22-27)29(25-17-9-6-10-18-25)30(32-33)26-19-11-7-12-20-26/h6-14,17-22H,1-5,15-16,23-24H2,(H,34,35). The van der Waals surface area contributed by atoms with Gasteiger partial charge < -0.3 is 5.11 Å². The Kier molecular flexibility index (Phi) is 8.88. The summed E-state index contributed by atoms with van der Waals surface area (Å²) < 4.78 is 2.20. The minimum absolute atomic E-state index is 0.287. The number of hydrogen-bond acceptors (Lipinski definition) is 2. The first kappa shape index (κ1) is 24.5. The van der Waals surface area contributed by atoms with Crippen molar-refractivity contribution in [2.45, 2.75) is 57.9 Å². The highest BCUT2D eigenvalue weighted by molar-refractivity contribution is 5.91. The summed E-state index contributed by atoms with van der Waals surface area (Å²) in [5.41, 5.74) is 6.86. The number of hydrogen-bond donors (Lipinski definition) is 1. The molecule has 180 valence electrons. The molecule has 0 amide bonds. The predicted molar refractivity (Wildman–Crippen MR) is 143 cm³/mol. The first-order valence-electron chi connectivity index (χ1n) is 12.7. The van der Waals surface area contributed by atoms with E-state index in [1.807, 2.05) is 6.07 Å². The SMILES string of the molecule is O=C(O)CCCCCCCCCn1nc(-c2ccccc2)c(-c2ccccc2)c1-c1ccccc1. The van der Waals surface area contributed by atoms with Crippen LogP contribution in [0.15, 0.2) is 91.0 Å². The van der Waals surface area contributed by atoms with Crippen molar-refractivity contribution in [3.63, 3.8) is 0 Å². The fraction of sp³-hybridized carbons (Fsp3) is 0.290. The molecule has 0 aliphatic heterocycles. The zero-order valence-corrected chi connectivity index (χ0v) is 20.3. The lowest BCUT2D eigenvalue weighted by atomic mass is 9.96. The monoisotopic (exact) mass is 466 g/mol. The Balaban J connectivity index is 1.55. The van der Waals surface area contributed by atoms with Gasteiger partial charge in [-0.1, -0.05) is 123 Å². The highest BCUT2D eigenvalue weighted by Gasteiger charge is 2.21. The van der Waals surface area contributed by atoms with Crippen LogP contribution in [0.2, 0.25) is 0 Å². The zero-order valence-electron chi connectivity index (χ0n) is 20.3. The molecule has 4 heteroatoms. The van der Waals surface area contributed by atoms with Gasteiger partial charge in [-0.2, -0.15) is 5.10 Å². The van der Waals surface area contributed by atoms with E-state index in [1.165, 1.54) is 28.8 Å². The van der Waals surface area contributed by atoms with Crippen LogP contribution in [-0.4, -0.2) is 20.9 Å². The van der Waals surface area contributed by atoms with Crippen LogP contribution in [0.5, 0.6) is 0 Å². The van der Waals surface area contributed by atoms with Gasteiger partial charge in [0.2, 0.25) is 0 Å². The molecular weight excluding hydrogens is 432 g/mol. The molecule has 1 heterocycles. The van der Waals surface area contributed by atoms with Crippen molar-refractivity contribution in [1.29, 1.82) is 0 Å². The van der Waals surface area contributed by atoms with Crippen molar-refractivity contribution in [3.05, 3.63) is 91.0 Å². The van der Waals surface area contributed by atoms with E-state index in [2.05, 4.69) is 89.6 Å². The van der Waals surface area contributed by atoms with E-state index in [0.29, 0.717) is 0 Å². The Hall–Kier alpha value is -3.66. The van der Waals surface area contributed by atoms with E-state index in [1.54, 1.807) is 0 Å². The van der Waals surface area contributed by atoms with Gasteiger partial charge >= 0.3 is 5.97 Å². The topological polar surface area (TPSA) is 55.1 Å². The predicted octanol–water partition coefficient (Wildman–Crippen LogP) is 8.09. The van der Waals surface area contributed by atoms with E-state index in [4.69, 9.17) is 10.2 Å². The number of carboxylic acids is 1. The number of carboxylic acid groups (broad SMARTS) is 1. The zero-order chi connectivity index (χ0) is 24.3. The first-order valence-corrected chi connectivity index (χ1v) is 12.7. The Labute approximate surface area is 208 Å². The maximum Gasteiger partial charge on any atom is 0.303 e. The van der Waals surface area contributed by atoms with E-state index < -0.39 is 5.97 Å². The minimum atomic E-state index is -0.691. The van der Waals surface area contributed by atoms with Crippen LogP contribution >= 0.6 is 0 Å². The van der Waals surface area contributed by atoms with E-state index in [-0.39, 0.29) is 6.42 Å². The average molecular weight is 467 g/mol. The van der Waals surface area contributed by atoms with Crippen molar-refractivity contribution in [2.75, 3.05) is 0 Å². The van der Waals surface area contributed by atoms with Crippen LogP contribution in [0.25, 0.3) is 33.6 Å². The third-order valence-electron chi connectivity index (χ3n) is 6.37. The van der Waals surface area contributed by atoms with E-state index >= 15 is 0 Å². The summed E-state index contributed by atoms with van der Waals surface area (Å²) in [6.45, 7) is 0.871. The molecule has 0 fully saturated rings. The molecule has 0 radical (unpaired) electrons. The van der Waals surface area contributed by atoms with Crippen LogP contribution < -0.4 is 0 Å². The van der Waals surface area contributed by atoms with Gasteiger partial charge in [0.15, 0.2) is 0 Å². The number of aliphatic carboxylic acids is 1. The Morgan fingerprint density at radius 1 is 0.629 bits per heavy atom. The number of rotatable bonds is 13. The highest BCUT2D eigenvalue weighted by Crippen LogP contribution is 2.40. The van der Waals surface area contributed by atoms with Crippen molar-refractivity contribution < 1.29 is 9.90 Å². The van der Waals surface area contributed by atoms with Crippen molar-refractivity contribution in [3.8, 4) is 33.6 Å². The molecule has 0 aliphatic rings. The van der Waals surface area contributed by atoms with Gasteiger partial charge in [0.25, 0.3) is 0 Å². The molecular formula is C31H34N2O2. The molecule has 35 heavy (non-hydrogen) atoms. The summed E-state index contributed by atoms with van der Waals surface area (Å²) in [7, 11) is 0. The fourth-order valence-corrected chi connectivity index (χ4v) is 4.61. The lowest BCUT2D eigenvalue weighted by Crippen LogP contribution is -2.03. The molecule has 0 bridgehead atoms. The molecule has 4 aromatic rings. The second kappa shape index (κ2) is 12.7. The Morgan fingerprint density at radius 3 is 1.69 bits per heavy atom. The van der Waals surface area contributed by atoms with Gasteiger partial charge in [0, 0.05) is 29.7 Å². The van der Waals surface area contributed by atoms with E-state index in [0.717, 1.165) is 56.3 Å². The number of carbonyl (C=O) groups is 1. The summed E-state index contributed by atoms with van der Waals surface area (Å²) in [4.78, 5) is 10.6. The lowest BCUT2D eigenvalue weighted by Gasteiger charge is -2.11. The van der Waals surface area contributed by atoms with Gasteiger partial charge in [0.1, 0.15) is 5.69 Å². The van der Waals surface area contributed by atoms with Gasteiger partial charge in [0.05, 0.1) is 5.69 Å². The third-order valence-corrected chi connectivity index (χ3v) is 6.37. The van der Waals surface area contributed by atoms with Gasteiger partial charge in [-0.25, -0.2) is 0 Å². The van der Waals surface area contributed by atoms with Crippen LogP contribution in [0, 0.1) is 0 Å². The molecule has 0 atom stereocenters. The maximum absolute atomic E-state index is 10.6. The van der Waals surface area contributed by atoms with Crippen molar-refractivity contribution in [2.24, 2.45) is 0 Å². The molecule has 4 rings (SSSR count). The number of aromatic nitrogens is 2. The largest absolute Gasteiger partial charge is 0.481 e. The summed E-state index contributed by atoms with van der Waals surface area (Å²) >= 11 is 0. The second-order valence-corrected chi connectivity index (χ2v) is 9.01. The van der Waals surface area contributed by atoms with Gasteiger partial charge in [-0.15, -0.1) is 0 Å². The van der Waals surface area contributed by atoms with Crippen LogP contribution in [0.4, 0.5) is 0 Å². The number of aryl methyl sites for hydroxylation is 1. The number of unbranched alkanes of at least 4 members (excludes halogenated alkanes) is 6. The molecule has 0 saturated heterocycles. The van der Waals surface area contributed by atoms with Gasteiger partial charge in [-0.3, -0.25) is 9.48 Å². The molecule has 1 N–H and O–H groups in total. The molecule has 0 spiro atoms. The second-order valence-electron chi connectivity index (χ2n) is 9.01. The average Bonchev–Trinajstić information content (AvgIpc) is 3.28. The quantitative estimate of drug-likeness (QED) is 0.203. The van der Waals surface area contributed by atoms with Crippen LogP contribution in [0.1, 0.15) is 51.4 Å². The minimum Gasteiger partial charge on any atom is -0.481 e. The number of benzene rings is 3. The molecule has 0 saturated carbocycles. The molecule has 0 aliphatic carbocycles. The fourth-order valence-electron chi connectivity index (χ4n) is 4.61. The third kappa shape index (κ3) is 6.69. The Morgan fingerprint density at radius 2 is 1.11 bits per heavy atom.